The molecule has 0 saturated heterocycles. The number of ether oxygens (including phenoxy) is 1. The van der Waals surface area contributed by atoms with Crippen LogP contribution in [-0.2, 0) is 6.42 Å². The molecule has 3 rings (SSSR count). The molecule has 3 nitrogen and oxygen atoms in total. The molecule has 0 atom stereocenters. The molecule has 0 spiro atoms. The molecule has 1 aromatic carbocycles. The molecular weight excluding hydrogens is 260 g/mol. The molecule has 0 aliphatic heterocycles. The Labute approximate surface area is 125 Å². The Morgan fingerprint density at radius 1 is 1.29 bits per heavy atom. The molecule has 1 aromatic heterocycles. The summed E-state index contributed by atoms with van der Waals surface area (Å²) in [5.74, 6) is 0.913. The lowest BCUT2D eigenvalue weighted by Gasteiger charge is -2.10. The van der Waals surface area contributed by atoms with Crippen molar-refractivity contribution in [2.75, 3.05) is 7.11 Å². The Morgan fingerprint density at radius 2 is 2.10 bits per heavy atom. The quantitative estimate of drug-likeness (QED) is 0.835. The highest BCUT2D eigenvalue weighted by molar-refractivity contribution is 5.70. The molecule has 0 unspecified atom stereocenters. The Hall–Kier alpha value is -2.21. The number of aromatic nitrogens is 1. The number of hydrogen-bond donors (Lipinski definition) is 0. The molecule has 1 aliphatic carbocycles. The lowest BCUT2D eigenvalue weighted by Crippen LogP contribution is -2.00. The maximum Gasteiger partial charge on any atom is 0.144 e. The smallest absolute Gasteiger partial charge is 0.144 e. The van der Waals surface area contributed by atoms with E-state index in [0.717, 1.165) is 22.4 Å². The second-order valence-corrected chi connectivity index (χ2v) is 5.66. The number of hydrogen-bond acceptors (Lipinski definition) is 2. The van der Waals surface area contributed by atoms with Crippen LogP contribution in [0.2, 0.25) is 0 Å². The third-order valence-electron chi connectivity index (χ3n) is 4.30. The van der Waals surface area contributed by atoms with Gasteiger partial charge in [0.2, 0.25) is 0 Å². The highest BCUT2D eigenvalue weighted by atomic mass is 16.5. The number of nitrogens with zero attached hydrogens (tertiary/aromatic N) is 2. The third kappa shape index (κ3) is 2.80. The van der Waals surface area contributed by atoms with Crippen molar-refractivity contribution in [2.45, 2.75) is 38.1 Å². The van der Waals surface area contributed by atoms with Crippen LogP contribution in [0.5, 0.6) is 5.75 Å². The normalized spacial score (nSPS) is 15.0. The Kier molecular flexibility index (Phi) is 3.96. The Balaban J connectivity index is 1.97. The fourth-order valence-corrected chi connectivity index (χ4v) is 3.19. The van der Waals surface area contributed by atoms with E-state index in [-0.39, 0.29) is 0 Å². The molecule has 1 saturated carbocycles. The maximum absolute atomic E-state index is 8.85. The summed E-state index contributed by atoms with van der Waals surface area (Å²) < 4.78 is 7.86. The van der Waals surface area contributed by atoms with Gasteiger partial charge in [-0.15, -0.1) is 0 Å². The zero-order valence-corrected chi connectivity index (χ0v) is 12.4. The maximum atomic E-state index is 8.85. The van der Waals surface area contributed by atoms with Crippen LogP contribution in [0.3, 0.4) is 0 Å². The van der Waals surface area contributed by atoms with Crippen molar-refractivity contribution in [1.29, 1.82) is 5.26 Å². The van der Waals surface area contributed by atoms with Gasteiger partial charge >= 0.3 is 0 Å². The van der Waals surface area contributed by atoms with Crippen LogP contribution in [-0.4, -0.2) is 11.7 Å². The molecule has 1 fully saturated rings. The molecule has 0 amide bonds. The lowest BCUT2D eigenvalue weighted by molar-refractivity contribution is 0.412. The predicted molar refractivity (Wildman–Crippen MR) is 83.2 cm³/mol. The second-order valence-electron chi connectivity index (χ2n) is 5.66. The zero-order chi connectivity index (χ0) is 14.7. The number of nitriles is 1. The van der Waals surface area contributed by atoms with E-state index < -0.39 is 0 Å². The van der Waals surface area contributed by atoms with Gasteiger partial charge in [-0.3, -0.25) is 0 Å². The summed E-state index contributed by atoms with van der Waals surface area (Å²) in [7, 11) is 1.72. The molecule has 21 heavy (non-hydrogen) atoms. The van der Waals surface area contributed by atoms with Gasteiger partial charge in [0.25, 0.3) is 0 Å². The van der Waals surface area contributed by atoms with Crippen LogP contribution in [0.4, 0.5) is 0 Å². The van der Waals surface area contributed by atoms with Crippen molar-refractivity contribution < 1.29 is 4.74 Å². The summed E-state index contributed by atoms with van der Waals surface area (Å²) in [5, 5.41) is 8.85. The fraction of sp³-hybridized carbons (Fsp3) is 0.389. The average molecular weight is 280 g/mol. The minimum absolute atomic E-state index is 0.444. The summed E-state index contributed by atoms with van der Waals surface area (Å²) in [6.07, 6.45) is 9.90. The van der Waals surface area contributed by atoms with E-state index in [2.05, 4.69) is 35.2 Å². The molecular formula is C18H20N2O. The van der Waals surface area contributed by atoms with Crippen molar-refractivity contribution in [2.24, 2.45) is 0 Å². The van der Waals surface area contributed by atoms with Gasteiger partial charge in [0.1, 0.15) is 5.75 Å². The van der Waals surface area contributed by atoms with Gasteiger partial charge in [-0.25, -0.2) is 0 Å². The predicted octanol–water partition coefficient (Wildman–Crippen LogP) is 4.34. The second kappa shape index (κ2) is 6.05. The van der Waals surface area contributed by atoms with Crippen molar-refractivity contribution >= 4 is 0 Å². The monoisotopic (exact) mass is 280 g/mol. The van der Waals surface area contributed by atoms with E-state index >= 15 is 0 Å². The first kappa shape index (κ1) is 13.8. The highest BCUT2D eigenvalue weighted by Crippen LogP contribution is 2.37. The molecule has 0 radical (unpaired) electrons. The first-order valence-corrected chi connectivity index (χ1v) is 7.53. The van der Waals surface area contributed by atoms with E-state index in [1.165, 1.54) is 25.7 Å². The topological polar surface area (TPSA) is 38.0 Å². The fourth-order valence-electron chi connectivity index (χ4n) is 3.19. The number of benzene rings is 1. The minimum atomic E-state index is 0.444. The molecule has 0 bridgehead atoms. The first-order valence-electron chi connectivity index (χ1n) is 7.53. The zero-order valence-electron chi connectivity index (χ0n) is 12.4. The molecule has 0 N–H and O–H groups in total. The van der Waals surface area contributed by atoms with Gasteiger partial charge in [0, 0.05) is 24.0 Å². The third-order valence-corrected chi connectivity index (χ3v) is 4.30. The van der Waals surface area contributed by atoms with Gasteiger partial charge in [0.05, 0.1) is 19.6 Å². The van der Waals surface area contributed by atoms with Crippen LogP contribution < -0.4 is 4.74 Å². The Bertz CT molecular complexity index is 660. The van der Waals surface area contributed by atoms with Gasteiger partial charge in [0.15, 0.2) is 0 Å². The van der Waals surface area contributed by atoms with Crippen LogP contribution >= 0.6 is 0 Å². The summed E-state index contributed by atoms with van der Waals surface area (Å²) in [6.45, 7) is 0. The van der Waals surface area contributed by atoms with E-state index in [1.807, 2.05) is 12.1 Å². The highest BCUT2D eigenvalue weighted by Gasteiger charge is 2.19. The first-order chi connectivity index (χ1) is 10.3. The van der Waals surface area contributed by atoms with Gasteiger partial charge in [-0.05, 0) is 30.0 Å². The SMILES string of the molecule is COc1cn(C2CCCC2)cc1-c1cccc(CC#N)c1. The van der Waals surface area contributed by atoms with Crippen LogP contribution in [0, 0.1) is 11.3 Å². The number of methoxy groups -OCH3 is 1. The van der Waals surface area contributed by atoms with Crippen LogP contribution in [0.25, 0.3) is 11.1 Å². The Morgan fingerprint density at radius 3 is 2.81 bits per heavy atom. The average Bonchev–Trinajstić information content (AvgIpc) is 3.17. The van der Waals surface area contributed by atoms with Crippen molar-refractivity contribution in [3.8, 4) is 22.9 Å². The molecule has 1 aliphatic rings. The lowest BCUT2D eigenvalue weighted by atomic mass is 10.0. The van der Waals surface area contributed by atoms with Crippen molar-refractivity contribution in [3.63, 3.8) is 0 Å². The van der Waals surface area contributed by atoms with E-state index in [1.54, 1.807) is 7.11 Å². The largest absolute Gasteiger partial charge is 0.495 e. The van der Waals surface area contributed by atoms with Crippen LogP contribution in [0.15, 0.2) is 36.7 Å². The van der Waals surface area contributed by atoms with Gasteiger partial charge in [-0.1, -0.05) is 31.0 Å². The standard InChI is InChI=1S/C18H20N2O/c1-21-18-13-20(16-7-2-3-8-16)12-17(18)15-6-4-5-14(11-15)9-10-19/h4-6,11-13,16H,2-3,7-9H2,1H3. The van der Waals surface area contributed by atoms with E-state index in [0.29, 0.717) is 12.5 Å². The minimum Gasteiger partial charge on any atom is -0.495 e. The summed E-state index contributed by atoms with van der Waals surface area (Å²) >= 11 is 0. The van der Waals surface area contributed by atoms with E-state index in [4.69, 9.17) is 10.00 Å². The molecule has 1 heterocycles. The number of rotatable bonds is 4. The summed E-state index contributed by atoms with van der Waals surface area (Å²) in [4.78, 5) is 0. The summed E-state index contributed by atoms with van der Waals surface area (Å²) in [5.41, 5.74) is 3.28. The molecule has 2 aromatic rings. The van der Waals surface area contributed by atoms with Crippen molar-refractivity contribution in [3.05, 3.63) is 42.2 Å². The van der Waals surface area contributed by atoms with Crippen molar-refractivity contribution in [1.82, 2.24) is 4.57 Å². The summed E-state index contributed by atoms with van der Waals surface area (Å²) in [6, 6.07) is 11.0. The van der Waals surface area contributed by atoms with Crippen LogP contribution in [0.1, 0.15) is 37.3 Å². The van der Waals surface area contributed by atoms with E-state index in [9.17, 15) is 0 Å². The molecule has 108 valence electrons. The molecule has 3 heteroatoms. The van der Waals surface area contributed by atoms with Gasteiger partial charge < -0.3 is 9.30 Å². The van der Waals surface area contributed by atoms with Gasteiger partial charge in [-0.2, -0.15) is 5.26 Å².